The molecular weight excluding hydrogens is 314 g/mol. The number of piperazine rings is 1. The maximum absolute atomic E-state index is 12.4. The molecule has 0 amide bonds. The zero-order chi connectivity index (χ0) is 16.1. The van der Waals surface area contributed by atoms with Crippen LogP contribution in [-0.4, -0.2) is 55.5 Å². The Morgan fingerprint density at radius 2 is 1.91 bits per heavy atom. The molecule has 0 spiro atoms. The molecule has 3 rings (SSSR count). The van der Waals surface area contributed by atoms with Crippen molar-refractivity contribution in [1.82, 2.24) is 14.4 Å². The lowest BCUT2D eigenvalue weighted by molar-refractivity contribution is 0.182. The highest BCUT2D eigenvalue weighted by molar-refractivity contribution is 7.88. The summed E-state index contributed by atoms with van der Waals surface area (Å²) in [6.07, 6.45) is 9.63. The second-order valence-electron chi connectivity index (χ2n) is 6.78. The number of nitrogens with zero attached hydrogens (tertiary/aromatic N) is 3. The van der Waals surface area contributed by atoms with E-state index in [0.717, 1.165) is 25.6 Å². The van der Waals surface area contributed by atoms with E-state index in [9.17, 15) is 8.42 Å². The lowest BCUT2D eigenvalue weighted by Crippen LogP contribution is -2.49. The highest BCUT2D eigenvalue weighted by Gasteiger charge is 2.27. The highest BCUT2D eigenvalue weighted by Crippen LogP contribution is 2.28. The van der Waals surface area contributed by atoms with Crippen LogP contribution in [0.1, 0.15) is 44.2 Å². The van der Waals surface area contributed by atoms with Crippen molar-refractivity contribution in [3.63, 3.8) is 0 Å². The van der Waals surface area contributed by atoms with Crippen molar-refractivity contribution in [2.45, 2.75) is 44.3 Å². The molecule has 1 aromatic heterocycles. The van der Waals surface area contributed by atoms with Crippen LogP contribution in [0.15, 0.2) is 16.9 Å². The van der Waals surface area contributed by atoms with Crippen molar-refractivity contribution >= 4 is 10.0 Å². The second kappa shape index (κ2) is 7.77. The number of hydrogen-bond donors (Lipinski definition) is 0. The fourth-order valence-corrected chi connectivity index (χ4v) is 5.15. The van der Waals surface area contributed by atoms with Gasteiger partial charge in [-0.2, -0.15) is 4.31 Å². The monoisotopic (exact) mass is 341 g/mol. The Hall–Kier alpha value is -0.920. The van der Waals surface area contributed by atoms with Crippen LogP contribution in [0.5, 0.6) is 0 Å². The van der Waals surface area contributed by atoms with E-state index in [1.807, 2.05) is 0 Å². The molecule has 1 aliphatic carbocycles. The largest absolute Gasteiger partial charge is 0.364 e. The Kier molecular flexibility index (Phi) is 5.71. The third-order valence-electron chi connectivity index (χ3n) is 5.11. The molecule has 0 bridgehead atoms. The number of aromatic nitrogens is 1. The van der Waals surface area contributed by atoms with E-state index in [4.69, 9.17) is 4.52 Å². The van der Waals surface area contributed by atoms with Gasteiger partial charge < -0.3 is 9.42 Å². The van der Waals surface area contributed by atoms with Crippen molar-refractivity contribution in [2.24, 2.45) is 5.92 Å². The Balaban J connectivity index is 1.39. The molecule has 1 aromatic rings. The fraction of sp³-hybridized carbons (Fsp3) is 0.812. The topological polar surface area (TPSA) is 66.7 Å². The maximum atomic E-state index is 12.4. The van der Waals surface area contributed by atoms with E-state index in [1.165, 1.54) is 44.8 Å². The lowest BCUT2D eigenvalue weighted by atomic mass is 10.0. The minimum atomic E-state index is -3.28. The highest BCUT2D eigenvalue weighted by atomic mass is 32.2. The van der Waals surface area contributed by atoms with E-state index < -0.39 is 10.0 Å². The molecule has 2 heterocycles. The van der Waals surface area contributed by atoms with Gasteiger partial charge >= 0.3 is 0 Å². The van der Waals surface area contributed by atoms with E-state index in [-0.39, 0.29) is 5.75 Å². The molecule has 0 radical (unpaired) electrons. The van der Waals surface area contributed by atoms with Gasteiger partial charge in [-0.25, -0.2) is 8.42 Å². The van der Waals surface area contributed by atoms with E-state index in [0.29, 0.717) is 18.8 Å². The average Bonchev–Trinajstić information content (AvgIpc) is 3.21. The van der Waals surface area contributed by atoms with Gasteiger partial charge in [0.25, 0.3) is 0 Å². The van der Waals surface area contributed by atoms with Crippen molar-refractivity contribution in [3.05, 3.63) is 18.0 Å². The van der Waals surface area contributed by atoms with Crippen LogP contribution in [0.4, 0.5) is 0 Å². The first-order valence-electron chi connectivity index (χ1n) is 8.73. The lowest BCUT2D eigenvalue weighted by Gasteiger charge is -2.34. The summed E-state index contributed by atoms with van der Waals surface area (Å²) in [6.45, 7) is 3.95. The summed E-state index contributed by atoms with van der Waals surface area (Å²) in [6, 6.07) is 1.61. The van der Waals surface area contributed by atoms with Gasteiger partial charge in [-0.3, -0.25) is 0 Å². The van der Waals surface area contributed by atoms with Crippen molar-refractivity contribution in [1.29, 1.82) is 0 Å². The van der Waals surface area contributed by atoms with Crippen LogP contribution < -0.4 is 0 Å². The molecule has 0 unspecified atom stereocenters. The van der Waals surface area contributed by atoms with E-state index in [2.05, 4.69) is 10.1 Å². The molecule has 0 N–H and O–H groups in total. The molecule has 130 valence electrons. The molecule has 1 aliphatic heterocycles. The zero-order valence-electron chi connectivity index (χ0n) is 13.7. The predicted octanol–water partition coefficient (Wildman–Crippen LogP) is 2.09. The molecule has 1 saturated carbocycles. The second-order valence-corrected chi connectivity index (χ2v) is 8.75. The molecule has 2 fully saturated rings. The molecule has 1 saturated heterocycles. The molecule has 7 heteroatoms. The predicted molar refractivity (Wildman–Crippen MR) is 88.3 cm³/mol. The van der Waals surface area contributed by atoms with Gasteiger partial charge in [0, 0.05) is 32.2 Å². The minimum Gasteiger partial charge on any atom is -0.364 e. The van der Waals surface area contributed by atoms with Gasteiger partial charge in [0.1, 0.15) is 12.0 Å². The van der Waals surface area contributed by atoms with E-state index in [1.54, 1.807) is 10.4 Å². The third-order valence-corrected chi connectivity index (χ3v) is 6.92. The van der Waals surface area contributed by atoms with E-state index >= 15 is 0 Å². The summed E-state index contributed by atoms with van der Waals surface area (Å²) >= 11 is 0. The van der Waals surface area contributed by atoms with Gasteiger partial charge in [0.2, 0.25) is 10.0 Å². The first-order chi connectivity index (χ1) is 11.1. The van der Waals surface area contributed by atoms with Crippen molar-refractivity contribution in [2.75, 3.05) is 32.7 Å². The van der Waals surface area contributed by atoms with Crippen LogP contribution in [0, 0.1) is 5.92 Å². The standard InChI is InChI=1S/C16H27N3O3S/c20-23(21,14-16-7-13-22-17-16)19-11-9-18(10-12-19)8-3-6-15-4-1-2-5-15/h7,13,15H,1-6,8-12,14H2. The van der Waals surface area contributed by atoms with Crippen LogP contribution in [-0.2, 0) is 15.8 Å². The average molecular weight is 341 g/mol. The smallest absolute Gasteiger partial charge is 0.220 e. The number of hydrogen-bond acceptors (Lipinski definition) is 5. The summed E-state index contributed by atoms with van der Waals surface area (Å²) in [5.41, 5.74) is 0.476. The zero-order valence-corrected chi connectivity index (χ0v) is 14.5. The maximum Gasteiger partial charge on any atom is 0.220 e. The summed E-state index contributed by atoms with van der Waals surface area (Å²) in [4.78, 5) is 2.40. The SMILES string of the molecule is O=S(=O)(Cc1ccon1)N1CCN(CCCC2CCCC2)CC1. The summed E-state index contributed by atoms with van der Waals surface area (Å²) in [5.74, 6) is 0.879. The Labute approximate surface area is 138 Å². The fourth-order valence-electron chi connectivity index (χ4n) is 3.72. The van der Waals surface area contributed by atoms with Crippen LogP contribution in [0.2, 0.25) is 0 Å². The van der Waals surface area contributed by atoms with Crippen molar-refractivity contribution in [3.8, 4) is 0 Å². The van der Waals surface area contributed by atoms with Gasteiger partial charge in [-0.05, 0) is 25.3 Å². The van der Waals surface area contributed by atoms with Crippen LogP contribution in [0.25, 0.3) is 0 Å². The summed E-state index contributed by atoms with van der Waals surface area (Å²) < 4.78 is 31.0. The molecule has 23 heavy (non-hydrogen) atoms. The molecule has 6 nitrogen and oxygen atoms in total. The number of sulfonamides is 1. The molecule has 2 aliphatic rings. The van der Waals surface area contributed by atoms with Gasteiger partial charge in [-0.1, -0.05) is 30.8 Å². The minimum absolute atomic E-state index is 0.0643. The number of rotatable bonds is 7. The van der Waals surface area contributed by atoms with Gasteiger partial charge in [-0.15, -0.1) is 0 Å². The quantitative estimate of drug-likeness (QED) is 0.760. The van der Waals surface area contributed by atoms with Crippen molar-refractivity contribution < 1.29 is 12.9 Å². The molecule has 0 atom stereocenters. The Morgan fingerprint density at radius 3 is 2.57 bits per heavy atom. The normalized spacial score (nSPS) is 21.9. The van der Waals surface area contributed by atoms with Crippen LogP contribution >= 0.6 is 0 Å². The molecular formula is C16H27N3O3S. The Morgan fingerprint density at radius 1 is 1.17 bits per heavy atom. The summed E-state index contributed by atoms with van der Waals surface area (Å²) in [5, 5.41) is 3.70. The summed E-state index contributed by atoms with van der Waals surface area (Å²) in [7, 11) is -3.28. The third kappa shape index (κ3) is 4.78. The first-order valence-corrected chi connectivity index (χ1v) is 10.3. The van der Waals surface area contributed by atoms with Gasteiger partial charge in [0.05, 0.1) is 5.69 Å². The molecule has 0 aromatic carbocycles. The Bertz CT molecular complexity index is 559. The van der Waals surface area contributed by atoms with Gasteiger partial charge in [0.15, 0.2) is 0 Å². The van der Waals surface area contributed by atoms with Crippen LogP contribution in [0.3, 0.4) is 0 Å². The first kappa shape index (κ1) is 16.9.